The zero-order valence-electron chi connectivity index (χ0n) is 21.5. The van der Waals surface area contributed by atoms with Gasteiger partial charge in [-0.05, 0) is 55.5 Å². The maximum atomic E-state index is 13.1. The number of benzene rings is 2. The quantitative estimate of drug-likeness (QED) is 0.411. The summed E-state index contributed by atoms with van der Waals surface area (Å²) < 4.78 is 2.19. The van der Waals surface area contributed by atoms with E-state index in [0.29, 0.717) is 25.9 Å². The zero-order valence-corrected chi connectivity index (χ0v) is 21.5. The highest BCUT2D eigenvalue weighted by Crippen LogP contribution is 2.33. The predicted molar refractivity (Wildman–Crippen MR) is 144 cm³/mol. The minimum Gasteiger partial charge on any atom is -0.343 e. The van der Waals surface area contributed by atoms with Crippen LogP contribution in [0.2, 0.25) is 0 Å². The Kier molecular flexibility index (Phi) is 7.69. The maximum Gasteiger partial charge on any atom is 0.227 e. The number of amides is 2. The van der Waals surface area contributed by atoms with Crippen molar-refractivity contribution in [3.8, 4) is 0 Å². The Balaban J connectivity index is 1.34. The standard InChI is InChI=1S/C30H38N4O2/c1-2-3-10-23-13-15-25(16-14-23)34-22-24(21-29(34)36)30-31-26-11-6-7-12-27(26)33(30)20-17-28(35)32-18-8-4-5-9-19-32/h6-7,11-16,24H,2-5,8-10,17-22H2,1H3. The third-order valence-electron chi connectivity index (χ3n) is 7.75. The highest BCUT2D eigenvalue weighted by Gasteiger charge is 2.35. The number of nitrogens with zero attached hydrogens (tertiary/aromatic N) is 4. The molecule has 2 aliphatic rings. The summed E-state index contributed by atoms with van der Waals surface area (Å²) in [6.45, 7) is 5.17. The van der Waals surface area contributed by atoms with Crippen LogP contribution in [0.1, 0.15) is 75.6 Å². The van der Waals surface area contributed by atoms with Crippen molar-refractivity contribution in [3.63, 3.8) is 0 Å². The van der Waals surface area contributed by atoms with Gasteiger partial charge in [0.15, 0.2) is 0 Å². The van der Waals surface area contributed by atoms with Gasteiger partial charge in [-0.15, -0.1) is 0 Å². The lowest BCUT2D eigenvalue weighted by Crippen LogP contribution is -2.32. The fourth-order valence-corrected chi connectivity index (χ4v) is 5.68. The van der Waals surface area contributed by atoms with Crippen LogP contribution in [0, 0.1) is 0 Å². The molecule has 0 spiro atoms. The first-order chi connectivity index (χ1) is 17.6. The van der Waals surface area contributed by atoms with Gasteiger partial charge >= 0.3 is 0 Å². The van der Waals surface area contributed by atoms with Crippen molar-refractivity contribution >= 4 is 28.5 Å². The van der Waals surface area contributed by atoms with E-state index < -0.39 is 0 Å². The van der Waals surface area contributed by atoms with E-state index in [0.717, 1.165) is 54.9 Å². The van der Waals surface area contributed by atoms with Crippen LogP contribution in [0.5, 0.6) is 0 Å². The number of unbranched alkanes of at least 4 members (excludes halogenated alkanes) is 1. The SMILES string of the molecule is CCCCc1ccc(N2CC(c3nc4ccccc4n3CCC(=O)N3CCCCCC3)CC2=O)cc1. The molecule has 0 saturated carbocycles. The van der Waals surface area contributed by atoms with E-state index in [9.17, 15) is 9.59 Å². The summed E-state index contributed by atoms with van der Waals surface area (Å²) in [5.74, 6) is 1.31. The van der Waals surface area contributed by atoms with Crippen LogP contribution in [0.15, 0.2) is 48.5 Å². The van der Waals surface area contributed by atoms with Gasteiger partial charge in [0.1, 0.15) is 5.82 Å². The first kappa shape index (κ1) is 24.5. The maximum absolute atomic E-state index is 13.1. The van der Waals surface area contributed by atoms with Crippen molar-refractivity contribution in [2.24, 2.45) is 0 Å². The van der Waals surface area contributed by atoms with Crippen molar-refractivity contribution in [2.45, 2.75) is 77.2 Å². The van der Waals surface area contributed by atoms with Crippen molar-refractivity contribution in [2.75, 3.05) is 24.5 Å². The zero-order chi connectivity index (χ0) is 24.9. The minimum absolute atomic E-state index is 0.0120. The minimum atomic E-state index is 0.0120. The fourth-order valence-electron chi connectivity index (χ4n) is 5.68. The first-order valence-corrected chi connectivity index (χ1v) is 13.8. The van der Waals surface area contributed by atoms with Crippen molar-refractivity contribution < 1.29 is 9.59 Å². The molecule has 0 bridgehead atoms. The molecule has 2 aliphatic heterocycles. The third kappa shape index (κ3) is 5.32. The molecule has 36 heavy (non-hydrogen) atoms. The van der Waals surface area contributed by atoms with E-state index in [1.54, 1.807) is 0 Å². The van der Waals surface area contributed by atoms with Gasteiger partial charge in [0.2, 0.25) is 11.8 Å². The molecule has 5 rings (SSSR count). The summed E-state index contributed by atoms with van der Waals surface area (Å²) in [6.07, 6.45) is 8.99. The summed E-state index contributed by atoms with van der Waals surface area (Å²) in [5, 5.41) is 0. The average Bonchev–Trinajstić information content (AvgIpc) is 3.34. The number of anilines is 1. The molecule has 3 aromatic rings. The van der Waals surface area contributed by atoms with E-state index in [-0.39, 0.29) is 17.7 Å². The lowest BCUT2D eigenvalue weighted by molar-refractivity contribution is -0.131. The van der Waals surface area contributed by atoms with Gasteiger partial charge in [-0.1, -0.05) is 50.5 Å². The number of carbonyl (C=O) groups excluding carboxylic acids is 2. The number of hydrogen-bond donors (Lipinski definition) is 0. The molecule has 2 saturated heterocycles. The summed E-state index contributed by atoms with van der Waals surface area (Å²) in [7, 11) is 0. The van der Waals surface area contributed by atoms with Crippen LogP contribution >= 0.6 is 0 Å². The van der Waals surface area contributed by atoms with Crippen molar-refractivity contribution in [1.29, 1.82) is 0 Å². The Morgan fingerprint density at radius 1 is 1.00 bits per heavy atom. The summed E-state index contributed by atoms with van der Waals surface area (Å²) in [6, 6.07) is 16.6. The second-order valence-electron chi connectivity index (χ2n) is 10.3. The Bertz CT molecular complexity index is 1190. The Hall–Kier alpha value is -3.15. The molecule has 2 aromatic carbocycles. The molecule has 6 heteroatoms. The number of fused-ring (bicyclic) bond motifs is 1. The number of carbonyl (C=O) groups is 2. The van der Waals surface area contributed by atoms with Crippen molar-refractivity contribution in [1.82, 2.24) is 14.5 Å². The van der Waals surface area contributed by atoms with Crippen molar-refractivity contribution in [3.05, 3.63) is 59.9 Å². The second-order valence-corrected chi connectivity index (χ2v) is 10.3. The molecule has 1 aromatic heterocycles. The molecule has 2 amide bonds. The van der Waals surface area contributed by atoms with Gasteiger partial charge in [0.25, 0.3) is 0 Å². The lowest BCUT2D eigenvalue weighted by Gasteiger charge is -2.21. The predicted octanol–water partition coefficient (Wildman–Crippen LogP) is 5.69. The molecular formula is C30H38N4O2. The van der Waals surface area contributed by atoms with Crippen LogP contribution in [-0.2, 0) is 22.6 Å². The molecule has 2 fully saturated rings. The van der Waals surface area contributed by atoms with E-state index in [1.165, 1.54) is 31.2 Å². The largest absolute Gasteiger partial charge is 0.343 e. The number of imidazole rings is 1. The van der Waals surface area contributed by atoms with Gasteiger partial charge in [0, 0.05) is 50.6 Å². The number of likely N-dealkylation sites (tertiary alicyclic amines) is 1. The van der Waals surface area contributed by atoms with E-state index in [2.05, 4.69) is 41.8 Å². The number of aryl methyl sites for hydroxylation is 2. The smallest absolute Gasteiger partial charge is 0.227 e. The highest BCUT2D eigenvalue weighted by atomic mass is 16.2. The molecule has 3 heterocycles. The van der Waals surface area contributed by atoms with Gasteiger partial charge in [-0.2, -0.15) is 0 Å². The summed E-state index contributed by atoms with van der Waals surface area (Å²) in [5.41, 5.74) is 4.25. The molecule has 0 aliphatic carbocycles. The second kappa shape index (κ2) is 11.3. The number of hydrogen-bond acceptors (Lipinski definition) is 3. The number of aromatic nitrogens is 2. The normalized spacial score (nSPS) is 18.7. The summed E-state index contributed by atoms with van der Waals surface area (Å²) >= 11 is 0. The van der Waals surface area contributed by atoms with Crippen LogP contribution in [0.3, 0.4) is 0 Å². The van der Waals surface area contributed by atoms with E-state index >= 15 is 0 Å². The van der Waals surface area contributed by atoms with Crippen LogP contribution in [0.4, 0.5) is 5.69 Å². The Morgan fingerprint density at radius 2 is 1.75 bits per heavy atom. The molecule has 1 atom stereocenters. The van der Waals surface area contributed by atoms with Gasteiger partial charge in [0.05, 0.1) is 11.0 Å². The molecule has 1 unspecified atom stereocenters. The van der Waals surface area contributed by atoms with Crippen LogP contribution in [0.25, 0.3) is 11.0 Å². The Morgan fingerprint density at radius 3 is 2.50 bits per heavy atom. The third-order valence-corrected chi connectivity index (χ3v) is 7.75. The number of para-hydroxylation sites is 2. The fraction of sp³-hybridized carbons (Fsp3) is 0.500. The van der Waals surface area contributed by atoms with Gasteiger partial charge in [-0.3, -0.25) is 9.59 Å². The molecular weight excluding hydrogens is 448 g/mol. The topological polar surface area (TPSA) is 58.4 Å². The molecule has 6 nitrogen and oxygen atoms in total. The monoisotopic (exact) mass is 486 g/mol. The van der Waals surface area contributed by atoms with Crippen LogP contribution < -0.4 is 4.90 Å². The van der Waals surface area contributed by atoms with Crippen LogP contribution in [-0.4, -0.2) is 45.9 Å². The van der Waals surface area contributed by atoms with E-state index in [4.69, 9.17) is 4.98 Å². The number of rotatable bonds is 8. The average molecular weight is 487 g/mol. The Labute approximate surface area is 214 Å². The summed E-state index contributed by atoms with van der Waals surface area (Å²) in [4.78, 5) is 35.0. The highest BCUT2D eigenvalue weighted by molar-refractivity contribution is 5.96. The first-order valence-electron chi connectivity index (χ1n) is 13.8. The molecule has 0 radical (unpaired) electrons. The molecule has 0 N–H and O–H groups in total. The lowest BCUT2D eigenvalue weighted by atomic mass is 10.1. The molecule has 190 valence electrons. The van der Waals surface area contributed by atoms with Gasteiger partial charge in [-0.25, -0.2) is 4.98 Å². The van der Waals surface area contributed by atoms with Gasteiger partial charge < -0.3 is 14.4 Å². The van der Waals surface area contributed by atoms with E-state index in [1.807, 2.05) is 28.0 Å².